The van der Waals surface area contributed by atoms with Crippen molar-refractivity contribution in [2.24, 2.45) is 5.41 Å². The predicted molar refractivity (Wildman–Crippen MR) is 133 cm³/mol. The van der Waals surface area contributed by atoms with Gasteiger partial charge in [0.15, 0.2) is 0 Å². The number of piperidine rings is 1. The summed E-state index contributed by atoms with van der Waals surface area (Å²) in [6.45, 7) is 1.32. The lowest BCUT2D eigenvalue weighted by Crippen LogP contribution is -2.43. The van der Waals surface area contributed by atoms with Crippen LogP contribution in [-0.4, -0.2) is 54.9 Å². The maximum Gasteiger partial charge on any atom is 0.129 e. The fourth-order valence-electron chi connectivity index (χ4n) is 5.06. The van der Waals surface area contributed by atoms with Gasteiger partial charge in [-0.2, -0.15) is 0 Å². The number of methoxy groups -OCH3 is 1. The Labute approximate surface area is 214 Å². The maximum absolute atomic E-state index is 15.7. The van der Waals surface area contributed by atoms with E-state index in [1.54, 1.807) is 18.2 Å². The first-order chi connectivity index (χ1) is 17.9. The highest BCUT2D eigenvalue weighted by Crippen LogP contribution is 2.41. The minimum Gasteiger partial charge on any atom is -0.497 e. The summed E-state index contributed by atoms with van der Waals surface area (Å²) in [6.07, 6.45) is 1.93. The van der Waals surface area contributed by atoms with Crippen molar-refractivity contribution in [2.45, 2.75) is 38.5 Å². The molecular weight excluding hydrogens is 488 g/mol. The zero-order valence-electron chi connectivity index (χ0n) is 20.9. The number of ether oxygens (including phenoxy) is 2. The number of halogens is 4. The van der Waals surface area contributed by atoms with Crippen molar-refractivity contribution in [2.75, 3.05) is 40.0 Å². The Balaban J connectivity index is 1.35. The normalized spacial score (nSPS) is 16.6. The van der Waals surface area contributed by atoms with Crippen LogP contribution in [0, 0.1) is 17.0 Å². The lowest BCUT2D eigenvalue weighted by atomic mass is 9.74. The van der Waals surface area contributed by atoms with Crippen LogP contribution in [0.2, 0.25) is 0 Å². The van der Waals surface area contributed by atoms with Crippen molar-refractivity contribution in [1.82, 2.24) is 9.88 Å². The van der Waals surface area contributed by atoms with Crippen LogP contribution in [0.15, 0.2) is 42.6 Å². The second-order valence-electron chi connectivity index (χ2n) is 9.67. The lowest BCUT2D eigenvalue weighted by molar-refractivity contribution is 0.0265. The van der Waals surface area contributed by atoms with Crippen molar-refractivity contribution in [1.29, 1.82) is 0 Å². The van der Waals surface area contributed by atoms with Gasteiger partial charge in [0.2, 0.25) is 0 Å². The molecule has 4 rings (SSSR count). The van der Waals surface area contributed by atoms with Crippen LogP contribution in [0.4, 0.5) is 17.6 Å². The number of nitrogens with zero attached hydrogens (tertiary/aromatic N) is 2. The molecule has 9 heteroatoms. The molecule has 1 atom stereocenters. The average Bonchev–Trinajstić information content (AvgIpc) is 2.91. The molecule has 1 aliphatic rings. The van der Waals surface area contributed by atoms with Gasteiger partial charge >= 0.3 is 0 Å². The summed E-state index contributed by atoms with van der Waals surface area (Å²) in [5.74, 6) is -0.694. The van der Waals surface area contributed by atoms with E-state index in [1.807, 2.05) is 0 Å². The van der Waals surface area contributed by atoms with Gasteiger partial charge in [0.25, 0.3) is 0 Å². The molecule has 0 radical (unpaired) electrons. The summed E-state index contributed by atoms with van der Waals surface area (Å²) in [6, 6.07) is 8.22. The van der Waals surface area contributed by atoms with E-state index >= 15 is 4.39 Å². The monoisotopic (exact) mass is 520 g/mol. The molecule has 0 bridgehead atoms. The van der Waals surface area contributed by atoms with Crippen molar-refractivity contribution in [3.8, 4) is 11.5 Å². The number of likely N-dealkylation sites (tertiary alicyclic amines) is 1. The van der Waals surface area contributed by atoms with Gasteiger partial charge in [0.1, 0.15) is 42.6 Å². The second-order valence-corrected chi connectivity index (χ2v) is 9.67. The first-order valence-corrected chi connectivity index (χ1v) is 12.4. The quantitative estimate of drug-likeness (QED) is 0.318. The standard InChI is InChI=1S/C28H32F4N2O3/c1-36-22-2-3-26-24(15-22)27(19(16-29)17-33-26)25(32)4-5-28(18-35)6-8-34(9-7-28)10-11-37-23-13-20(30)12-21(31)14-23/h2-3,12-15,17,25,35H,4-11,16,18H2,1H3. The number of alkyl halides is 2. The number of hydrogen-bond acceptors (Lipinski definition) is 5. The van der Waals surface area contributed by atoms with E-state index in [-0.39, 0.29) is 30.9 Å². The molecule has 1 aromatic heterocycles. The highest BCUT2D eigenvalue weighted by atomic mass is 19.1. The molecule has 37 heavy (non-hydrogen) atoms. The summed E-state index contributed by atoms with van der Waals surface area (Å²) in [5, 5.41) is 10.7. The summed E-state index contributed by atoms with van der Waals surface area (Å²) >= 11 is 0. The minimum absolute atomic E-state index is 0.0620. The second kappa shape index (κ2) is 12.1. The topological polar surface area (TPSA) is 54.8 Å². The average molecular weight is 521 g/mol. The Bertz CT molecular complexity index is 1180. The molecule has 200 valence electrons. The van der Waals surface area contributed by atoms with Gasteiger partial charge in [0, 0.05) is 54.1 Å². The first-order valence-electron chi connectivity index (χ1n) is 12.4. The Morgan fingerprint density at radius 3 is 2.46 bits per heavy atom. The SMILES string of the molecule is COc1ccc2ncc(CF)c(C(F)CCC3(CO)CCN(CCOc4cc(F)cc(F)c4)CC3)c2c1. The third-order valence-corrected chi connectivity index (χ3v) is 7.35. The smallest absolute Gasteiger partial charge is 0.129 e. The van der Waals surface area contributed by atoms with Crippen LogP contribution >= 0.6 is 0 Å². The van der Waals surface area contributed by atoms with E-state index in [4.69, 9.17) is 9.47 Å². The van der Waals surface area contributed by atoms with Crippen LogP contribution in [0.1, 0.15) is 43.0 Å². The van der Waals surface area contributed by atoms with Crippen molar-refractivity contribution in [3.05, 3.63) is 65.4 Å². The highest BCUT2D eigenvalue weighted by molar-refractivity contribution is 5.85. The van der Waals surface area contributed by atoms with Crippen molar-refractivity contribution >= 4 is 10.9 Å². The van der Waals surface area contributed by atoms with Gasteiger partial charge in [0.05, 0.1) is 12.6 Å². The molecule has 0 saturated carbocycles. The minimum atomic E-state index is -1.41. The van der Waals surface area contributed by atoms with Crippen LogP contribution in [0.3, 0.4) is 0 Å². The molecule has 1 saturated heterocycles. The van der Waals surface area contributed by atoms with Gasteiger partial charge in [-0.15, -0.1) is 0 Å². The lowest BCUT2D eigenvalue weighted by Gasteiger charge is -2.41. The molecule has 0 amide bonds. The number of benzene rings is 2. The van der Waals surface area contributed by atoms with Crippen molar-refractivity contribution in [3.63, 3.8) is 0 Å². The summed E-state index contributed by atoms with van der Waals surface area (Å²) in [5.41, 5.74) is 0.662. The van der Waals surface area contributed by atoms with Gasteiger partial charge in [-0.05, 0) is 62.4 Å². The third-order valence-electron chi connectivity index (χ3n) is 7.35. The van der Waals surface area contributed by atoms with E-state index in [2.05, 4.69) is 9.88 Å². The maximum atomic E-state index is 15.7. The first kappa shape index (κ1) is 27.1. The molecule has 1 N–H and O–H groups in total. The van der Waals surface area contributed by atoms with Gasteiger partial charge < -0.3 is 14.6 Å². The van der Waals surface area contributed by atoms with Crippen molar-refractivity contribution < 1.29 is 32.1 Å². The molecule has 3 aromatic rings. The zero-order valence-corrected chi connectivity index (χ0v) is 20.9. The van der Waals surface area contributed by atoms with E-state index in [0.29, 0.717) is 61.1 Å². The van der Waals surface area contributed by atoms with Gasteiger partial charge in [-0.25, -0.2) is 17.6 Å². The van der Waals surface area contributed by atoms with E-state index < -0.39 is 29.9 Å². The fraction of sp³-hybridized carbons (Fsp3) is 0.464. The zero-order chi connectivity index (χ0) is 26.4. The molecule has 1 unspecified atom stereocenters. The number of hydrogen-bond donors (Lipinski definition) is 1. The Morgan fingerprint density at radius 2 is 1.81 bits per heavy atom. The number of rotatable bonds is 11. The highest BCUT2D eigenvalue weighted by Gasteiger charge is 2.35. The Morgan fingerprint density at radius 1 is 1.08 bits per heavy atom. The Kier molecular flexibility index (Phi) is 8.87. The predicted octanol–water partition coefficient (Wildman–Crippen LogP) is 5.94. The molecule has 0 spiro atoms. The van der Waals surface area contributed by atoms with Gasteiger partial charge in [-0.1, -0.05) is 0 Å². The molecular formula is C28H32F4N2O3. The molecule has 5 nitrogen and oxygen atoms in total. The molecule has 1 aliphatic heterocycles. The number of fused-ring (bicyclic) bond motifs is 1. The van der Waals surface area contributed by atoms with E-state index in [9.17, 15) is 18.3 Å². The van der Waals surface area contributed by atoms with E-state index in [1.165, 1.54) is 13.3 Å². The summed E-state index contributed by atoms with van der Waals surface area (Å²) in [7, 11) is 1.52. The van der Waals surface area contributed by atoms with Crippen LogP contribution in [0.5, 0.6) is 11.5 Å². The van der Waals surface area contributed by atoms with Crippen LogP contribution in [-0.2, 0) is 6.67 Å². The molecule has 2 heterocycles. The van der Waals surface area contributed by atoms with E-state index in [0.717, 1.165) is 18.2 Å². The van der Waals surface area contributed by atoms with Crippen LogP contribution in [0.25, 0.3) is 10.9 Å². The Hall–Kier alpha value is -2.91. The number of aliphatic hydroxyl groups excluding tert-OH is 1. The third kappa shape index (κ3) is 6.51. The number of aliphatic hydroxyl groups is 1. The summed E-state index contributed by atoms with van der Waals surface area (Å²) < 4.78 is 66.8. The van der Waals surface area contributed by atoms with Gasteiger partial charge in [-0.3, -0.25) is 9.88 Å². The molecule has 0 aliphatic carbocycles. The van der Waals surface area contributed by atoms with Crippen LogP contribution < -0.4 is 9.47 Å². The fourth-order valence-corrected chi connectivity index (χ4v) is 5.06. The number of pyridine rings is 1. The number of aromatic nitrogens is 1. The largest absolute Gasteiger partial charge is 0.497 e. The molecule has 1 fully saturated rings. The summed E-state index contributed by atoms with van der Waals surface area (Å²) in [4.78, 5) is 6.41. The molecule has 2 aromatic carbocycles.